The van der Waals surface area contributed by atoms with Crippen LogP contribution in [0, 0.1) is 0 Å². The molecule has 0 aromatic heterocycles. The first kappa shape index (κ1) is 26.2. The first-order chi connectivity index (χ1) is 13.5. The minimum Gasteiger partial charge on any atom is -0.522 e. The fourth-order valence-corrected chi connectivity index (χ4v) is 2.33. The number of benzene rings is 2. The van der Waals surface area contributed by atoms with E-state index in [4.69, 9.17) is 19.8 Å². The van der Waals surface area contributed by atoms with Crippen molar-refractivity contribution in [3.8, 4) is 0 Å². The number of rotatable bonds is 10. The zero-order chi connectivity index (χ0) is 20.8. The molecular weight excluding hydrogens is 571 g/mol. The molecule has 0 bridgehead atoms. The summed E-state index contributed by atoms with van der Waals surface area (Å²) in [5, 5.41) is 18.8. The van der Waals surface area contributed by atoms with E-state index >= 15 is 0 Å². The predicted molar refractivity (Wildman–Crippen MR) is 113 cm³/mol. The molecular formula is C20H26N2O6Pb+4. The van der Waals surface area contributed by atoms with Gasteiger partial charge in [0.1, 0.15) is 0 Å². The first-order valence-corrected chi connectivity index (χ1v) is 8.50. The number of nitrogens with one attached hydrogen (secondary N) is 2. The summed E-state index contributed by atoms with van der Waals surface area (Å²) in [6.45, 7) is 0. The smallest absolute Gasteiger partial charge is 0.522 e. The third-order valence-electron chi connectivity index (χ3n) is 3.76. The third-order valence-corrected chi connectivity index (χ3v) is 3.76. The van der Waals surface area contributed by atoms with Crippen molar-refractivity contribution in [2.75, 3.05) is 0 Å². The molecule has 8 N–H and O–H groups in total. The average molecular weight is 598 g/mol. The maximum atomic E-state index is 10.2. The Morgan fingerprint density at radius 3 is 1.31 bits per heavy atom. The van der Waals surface area contributed by atoms with Gasteiger partial charge < -0.3 is 20.8 Å². The van der Waals surface area contributed by atoms with Crippen LogP contribution in [0.2, 0.25) is 0 Å². The van der Waals surface area contributed by atoms with E-state index in [1.807, 2.05) is 60.7 Å². The van der Waals surface area contributed by atoms with Gasteiger partial charge in [0, 0.05) is 40.1 Å². The number of amides is 2. The maximum Gasteiger partial charge on any atom is 0.645 e. The van der Waals surface area contributed by atoms with E-state index in [0.29, 0.717) is 25.7 Å². The van der Waals surface area contributed by atoms with Crippen LogP contribution in [-0.4, -0.2) is 83.9 Å². The van der Waals surface area contributed by atoms with Crippen LogP contribution in [0.4, 0.5) is 0 Å². The molecule has 2 unspecified atom stereocenters. The Balaban J connectivity index is 0.000000523. The van der Waals surface area contributed by atoms with Crippen molar-refractivity contribution in [3.63, 3.8) is 0 Å². The van der Waals surface area contributed by atoms with Crippen LogP contribution in [0.15, 0.2) is 60.7 Å². The van der Waals surface area contributed by atoms with Crippen LogP contribution in [0.1, 0.15) is 11.1 Å². The van der Waals surface area contributed by atoms with Crippen molar-refractivity contribution in [3.05, 3.63) is 71.8 Å². The van der Waals surface area contributed by atoms with Crippen molar-refractivity contribution in [2.45, 2.75) is 24.9 Å². The molecule has 152 valence electrons. The number of carbonyl (C=O) groups excluding carboxylic acids is 4. The zero-order valence-electron chi connectivity index (χ0n) is 15.7. The van der Waals surface area contributed by atoms with Crippen molar-refractivity contribution >= 4 is 52.1 Å². The fraction of sp³-hybridized carbons (Fsp3) is 0.200. The standard InChI is InChI=1S/2C10H11NO3.Pb/c2*12-7-11-9(10(13)14)6-8-4-2-1-3-5-8;/h2*1-5,7,9H,6H2,(H,11,12)(H,13,14);/p+4. The summed E-state index contributed by atoms with van der Waals surface area (Å²) in [6.07, 6.45) is 1.82. The van der Waals surface area contributed by atoms with E-state index in [1.165, 1.54) is 0 Å². The number of hydrogen-bond acceptors (Lipinski definition) is 2. The van der Waals surface area contributed by atoms with Crippen LogP contribution in [0.25, 0.3) is 0 Å². The normalized spacial score (nSPS) is 11.3. The molecule has 0 fully saturated rings. The van der Waals surface area contributed by atoms with Crippen LogP contribution in [-0.2, 0) is 22.4 Å². The van der Waals surface area contributed by atoms with E-state index in [0.717, 1.165) is 11.1 Å². The summed E-state index contributed by atoms with van der Waals surface area (Å²) in [7, 11) is 0. The number of hydrogen-bond donors (Lipinski definition) is 2. The van der Waals surface area contributed by atoms with Crippen LogP contribution >= 0.6 is 0 Å². The summed E-state index contributed by atoms with van der Waals surface area (Å²) in [6, 6.07) is 17.5. The maximum absolute atomic E-state index is 10.2. The molecule has 9 heteroatoms. The topological polar surface area (TPSA) is 147 Å². The van der Waals surface area contributed by atoms with Crippen molar-refractivity contribution in [1.29, 1.82) is 0 Å². The Morgan fingerprint density at radius 1 is 0.759 bits per heavy atom. The molecule has 0 aliphatic carbocycles. The molecule has 2 rings (SSSR count). The summed E-state index contributed by atoms with van der Waals surface area (Å²) >= 11 is 0. The van der Waals surface area contributed by atoms with Gasteiger partial charge in [-0.05, 0) is 11.1 Å². The van der Waals surface area contributed by atoms with E-state index in [2.05, 4.69) is 10.6 Å². The second kappa shape index (κ2) is 15.2. The van der Waals surface area contributed by atoms with Crippen molar-refractivity contribution in [2.24, 2.45) is 0 Å². The van der Waals surface area contributed by atoms with Gasteiger partial charge in [0.25, 0.3) is 0 Å². The van der Waals surface area contributed by atoms with Gasteiger partial charge in [0.2, 0.25) is 24.9 Å². The fourth-order valence-electron chi connectivity index (χ4n) is 2.33. The van der Waals surface area contributed by atoms with E-state index in [1.54, 1.807) is 0 Å². The van der Waals surface area contributed by atoms with Gasteiger partial charge in [0.15, 0.2) is 0 Å². The second-order valence-corrected chi connectivity index (χ2v) is 5.82. The number of carbonyl (C=O) groups is 2. The molecule has 2 amide bonds. The Hall–Kier alpha value is -2.76. The van der Waals surface area contributed by atoms with E-state index in [9.17, 15) is 9.59 Å². The third kappa shape index (κ3) is 11.0. The quantitative estimate of drug-likeness (QED) is 0.201. The van der Waals surface area contributed by atoms with Gasteiger partial charge in [-0.2, -0.15) is 0 Å². The molecule has 0 aliphatic rings. The van der Waals surface area contributed by atoms with E-state index in [-0.39, 0.29) is 27.3 Å². The molecule has 0 spiro atoms. The molecule has 0 heterocycles. The minimum absolute atomic E-state index is 0. The largest absolute Gasteiger partial charge is 0.645 e. The Kier molecular flexibility index (Phi) is 13.8. The Morgan fingerprint density at radius 2 is 1.07 bits per heavy atom. The molecule has 0 saturated carbocycles. The Labute approximate surface area is 188 Å². The monoisotopic (exact) mass is 598 g/mol. The van der Waals surface area contributed by atoms with Gasteiger partial charge in [-0.3, -0.25) is 9.59 Å². The summed E-state index contributed by atoms with van der Waals surface area (Å²) in [5.74, 6) is -1.05. The predicted octanol–water partition coefficient (Wildman–Crippen LogP) is -1.24. The molecule has 2 aromatic rings. The zero-order valence-corrected chi connectivity index (χ0v) is 19.6. The minimum atomic E-state index is -0.630. The van der Waals surface area contributed by atoms with Gasteiger partial charge >= 0.3 is 11.9 Å². The van der Waals surface area contributed by atoms with Gasteiger partial charge in [-0.25, -0.2) is 9.59 Å². The summed E-state index contributed by atoms with van der Waals surface area (Å²) in [5.41, 5.74) is 1.93. The van der Waals surface area contributed by atoms with Crippen LogP contribution in [0.3, 0.4) is 0 Å². The summed E-state index contributed by atoms with van der Waals surface area (Å²) < 4.78 is 0. The molecule has 8 nitrogen and oxygen atoms in total. The molecule has 2 atom stereocenters. The van der Waals surface area contributed by atoms with Crippen LogP contribution in [0.5, 0.6) is 0 Å². The Bertz CT molecular complexity index is 693. The van der Waals surface area contributed by atoms with E-state index < -0.39 is 24.0 Å². The molecule has 4 radical (unpaired) electrons. The van der Waals surface area contributed by atoms with Crippen LogP contribution < -0.4 is 10.6 Å². The molecule has 0 aliphatic heterocycles. The molecule has 2 aromatic carbocycles. The van der Waals surface area contributed by atoms with Crippen molar-refractivity contribution < 1.29 is 29.4 Å². The van der Waals surface area contributed by atoms with Gasteiger partial charge in [0.05, 0.1) is 0 Å². The van der Waals surface area contributed by atoms with Gasteiger partial charge in [-0.1, -0.05) is 60.7 Å². The second-order valence-electron chi connectivity index (χ2n) is 5.82. The van der Waals surface area contributed by atoms with Gasteiger partial charge in [-0.15, -0.1) is 0 Å². The first-order valence-electron chi connectivity index (χ1n) is 8.50. The molecule has 0 saturated heterocycles. The summed E-state index contributed by atoms with van der Waals surface area (Å²) in [4.78, 5) is 38.3. The molecule has 29 heavy (non-hydrogen) atoms. The SMILES string of the molecule is O=CNC(Cc1ccccc1)C(=[OH+])[OH2+].O=CNC(Cc1ccccc1)C(=[OH+])[OH2+].[Pb]. The average Bonchev–Trinajstić information content (AvgIpc) is 2.69. The van der Waals surface area contributed by atoms with Crippen molar-refractivity contribution in [1.82, 2.24) is 10.6 Å².